The lowest BCUT2D eigenvalue weighted by molar-refractivity contribution is 0.0696. The van der Waals surface area contributed by atoms with Crippen LogP contribution in [0.1, 0.15) is 16.1 Å². The third-order valence-corrected chi connectivity index (χ3v) is 2.24. The number of aryl methyl sites for hydroxylation is 1. The summed E-state index contributed by atoms with van der Waals surface area (Å²) >= 11 is 0. The van der Waals surface area contributed by atoms with Crippen molar-refractivity contribution in [2.75, 3.05) is 0 Å². The van der Waals surface area contributed by atoms with E-state index in [-0.39, 0.29) is 17.8 Å². The van der Waals surface area contributed by atoms with Gasteiger partial charge in [-0.1, -0.05) is 0 Å². The fourth-order valence-electron chi connectivity index (χ4n) is 1.37. The van der Waals surface area contributed by atoms with Gasteiger partial charge in [-0.2, -0.15) is 0 Å². The van der Waals surface area contributed by atoms with Crippen molar-refractivity contribution in [2.24, 2.45) is 7.05 Å². The van der Waals surface area contributed by atoms with Crippen LogP contribution in [0.5, 0.6) is 0 Å². The van der Waals surface area contributed by atoms with Crippen LogP contribution in [-0.2, 0) is 13.6 Å². The highest BCUT2D eigenvalue weighted by atomic mass is 16.4. The van der Waals surface area contributed by atoms with Gasteiger partial charge in [-0.25, -0.2) is 9.59 Å². The first-order valence-corrected chi connectivity index (χ1v) is 4.60. The molecule has 0 aliphatic heterocycles. The number of rotatable bonds is 3. The molecule has 84 valence electrons. The molecule has 0 spiro atoms. The van der Waals surface area contributed by atoms with Crippen LogP contribution in [0.15, 0.2) is 33.9 Å². The smallest absolute Gasteiger partial charge is 0.338 e. The van der Waals surface area contributed by atoms with Crippen molar-refractivity contribution in [3.05, 3.63) is 46.5 Å². The molecule has 0 bridgehead atoms. The van der Waals surface area contributed by atoms with E-state index in [1.807, 2.05) is 0 Å². The van der Waals surface area contributed by atoms with Gasteiger partial charge in [0.05, 0.1) is 12.1 Å². The van der Waals surface area contributed by atoms with Gasteiger partial charge in [0.15, 0.2) is 0 Å². The van der Waals surface area contributed by atoms with Gasteiger partial charge in [0, 0.05) is 19.4 Å². The zero-order valence-corrected chi connectivity index (χ0v) is 8.58. The minimum atomic E-state index is -1.05. The van der Waals surface area contributed by atoms with Gasteiger partial charge in [-0.3, -0.25) is 4.57 Å². The molecule has 0 fully saturated rings. The number of carbonyl (C=O) groups is 1. The highest BCUT2D eigenvalue weighted by Gasteiger charge is 2.09. The second-order valence-electron chi connectivity index (χ2n) is 3.43. The van der Waals surface area contributed by atoms with Crippen LogP contribution in [-0.4, -0.2) is 20.2 Å². The van der Waals surface area contributed by atoms with E-state index in [9.17, 15) is 9.59 Å². The average Bonchev–Trinajstić information content (AvgIpc) is 2.81. The summed E-state index contributed by atoms with van der Waals surface area (Å²) < 4.78 is 7.91. The van der Waals surface area contributed by atoms with Gasteiger partial charge in [0.2, 0.25) is 0 Å². The lowest BCUT2D eigenvalue weighted by Crippen LogP contribution is -2.22. The van der Waals surface area contributed by atoms with E-state index in [0.29, 0.717) is 5.76 Å². The number of carboxylic acid groups (broad SMARTS) is 1. The number of hydrogen-bond acceptors (Lipinski definition) is 3. The second-order valence-corrected chi connectivity index (χ2v) is 3.43. The number of imidazole rings is 1. The highest BCUT2D eigenvalue weighted by molar-refractivity contribution is 5.87. The average molecular weight is 222 g/mol. The SMILES string of the molecule is Cn1ccn(Cc2cc(C(=O)O)co2)c1=O. The minimum absolute atomic E-state index is 0.0824. The molecule has 0 saturated heterocycles. The Morgan fingerprint density at radius 1 is 1.50 bits per heavy atom. The van der Waals surface area contributed by atoms with Gasteiger partial charge in [0.25, 0.3) is 0 Å². The zero-order chi connectivity index (χ0) is 11.7. The number of aromatic carboxylic acids is 1. The lowest BCUT2D eigenvalue weighted by Gasteiger charge is -1.96. The topological polar surface area (TPSA) is 77.4 Å². The molecule has 0 radical (unpaired) electrons. The van der Waals surface area contributed by atoms with Gasteiger partial charge in [0.1, 0.15) is 12.0 Å². The molecule has 6 nitrogen and oxygen atoms in total. The van der Waals surface area contributed by atoms with Crippen LogP contribution in [0.25, 0.3) is 0 Å². The minimum Gasteiger partial charge on any atom is -0.478 e. The van der Waals surface area contributed by atoms with Crippen LogP contribution in [0, 0.1) is 0 Å². The molecule has 16 heavy (non-hydrogen) atoms. The van der Waals surface area contributed by atoms with Crippen molar-refractivity contribution in [1.29, 1.82) is 0 Å². The summed E-state index contributed by atoms with van der Waals surface area (Å²) in [4.78, 5) is 22.1. The van der Waals surface area contributed by atoms with Gasteiger partial charge in [-0.15, -0.1) is 0 Å². The fraction of sp³-hybridized carbons (Fsp3) is 0.200. The third-order valence-electron chi connectivity index (χ3n) is 2.24. The molecule has 0 unspecified atom stereocenters. The van der Waals surface area contributed by atoms with Crippen molar-refractivity contribution < 1.29 is 14.3 Å². The summed E-state index contributed by atoms with van der Waals surface area (Å²) in [6.45, 7) is 0.229. The Morgan fingerprint density at radius 3 is 2.75 bits per heavy atom. The van der Waals surface area contributed by atoms with E-state index in [4.69, 9.17) is 9.52 Å². The van der Waals surface area contributed by atoms with Crippen molar-refractivity contribution in [2.45, 2.75) is 6.54 Å². The number of hydrogen-bond donors (Lipinski definition) is 1. The summed E-state index contributed by atoms with van der Waals surface area (Å²) in [6, 6.07) is 1.40. The van der Waals surface area contributed by atoms with Crippen LogP contribution in [0.4, 0.5) is 0 Å². The highest BCUT2D eigenvalue weighted by Crippen LogP contribution is 2.08. The molecule has 0 aliphatic rings. The molecule has 0 aromatic carbocycles. The van der Waals surface area contributed by atoms with Gasteiger partial charge in [-0.05, 0) is 6.07 Å². The summed E-state index contributed by atoms with van der Waals surface area (Å²) in [7, 11) is 1.64. The van der Waals surface area contributed by atoms with E-state index in [0.717, 1.165) is 6.26 Å². The van der Waals surface area contributed by atoms with Crippen LogP contribution in [0.3, 0.4) is 0 Å². The Balaban J connectivity index is 2.24. The predicted molar refractivity (Wildman–Crippen MR) is 54.4 cm³/mol. The summed E-state index contributed by atoms with van der Waals surface area (Å²) in [6.07, 6.45) is 4.40. The largest absolute Gasteiger partial charge is 0.478 e. The predicted octanol–water partition coefficient (Wildman–Crippen LogP) is 0.526. The Bertz CT molecular complexity index is 576. The number of furan rings is 1. The fourth-order valence-corrected chi connectivity index (χ4v) is 1.37. The summed E-state index contributed by atoms with van der Waals surface area (Å²) in [5.41, 5.74) is -0.0905. The van der Waals surface area contributed by atoms with Crippen molar-refractivity contribution in [3.8, 4) is 0 Å². The van der Waals surface area contributed by atoms with Crippen molar-refractivity contribution in [1.82, 2.24) is 9.13 Å². The second kappa shape index (κ2) is 3.73. The monoisotopic (exact) mass is 222 g/mol. The maximum atomic E-state index is 11.5. The first-order chi connectivity index (χ1) is 7.58. The van der Waals surface area contributed by atoms with E-state index in [2.05, 4.69) is 0 Å². The molecule has 1 N–H and O–H groups in total. The number of carboxylic acids is 1. The molecule has 2 rings (SSSR count). The van der Waals surface area contributed by atoms with E-state index in [1.54, 1.807) is 19.4 Å². The van der Waals surface area contributed by atoms with E-state index in [1.165, 1.54) is 15.2 Å². The van der Waals surface area contributed by atoms with E-state index < -0.39 is 5.97 Å². The van der Waals surface area contributed by atoms with Gasteiger partial charge >= 0.3 is 11.7 Å². The first kappa shape index (κ1) is 10.3. The van der Waals surface area contributed by atoms with Crippen LogP contribution < -0.4 is 5.69 Å². The van der Waals surface area contributed by atoms with E-state index >= 15 is 0 Å². The zero-order valence-electron chi connectivity index (χ0n) is 8.58. The Kier molecular flexibility index (Phi) is 2.40. The molecule has 0 aliphatic carbocycles. The third kappa shape index (κ3) is 1.77. The molecule has 6 heteroatoms. The standard InChI is InChI=1S/C10H10N2O4/c1-11-2-3-12(10(11)15)5-8-4-7(6-16-8)9(13)14/h2-4,6H,5H2,1H3,(H,13,14). The molecule has 2 aromatic heterocycles. The summed E-state index contributed by atoms with van der Waals surface area (Å²) in [5.74, 6) is -0.610. The lowest BCUT2D eigenvalue weighted by atomic mass is 10.3. The molecule has 2 heterocycles. The molecular weight excluding hydrogens is 212 g/mol. The Labute approximate surface area is 90.3 Å². The number of aromatic nitrogens is 2. The Hall–Kier alpha value is -2.24. The van der Waals surface area contributed by atoms with Crippen molar-refractivity contribution >= 4 is 5.97 Å². The quantitative estimate of drug-likeness (QED) is 0.821. The van der Waals surface area contributed by atoms with Crippen LogP contribution >= 0.6 is 0 Å². The van der Waals surface area contributed by atoms with Crippen LogP contribution in [0.2, 0.25) is 0 Å². The first-order valence-electron chi connectivity index (χ1n) is 4.60. The summed E-state index contributed by atoms with van der Waals surface area (Å²) in [5, 5.41) is 8.69. The Morgan fingerprint density at radius 2 is 2.25 bits per heavy atom. The molecule has 2 aromatic rings. The molecule has 0 amide bonds. The number of nitrogens with zero attached hydrogens (tertiary/aromatic N) is 2. The maximum absolute atomic E-state index is 11.5. The van der Waals surface area contributed by atoms with Gasteiger partial charge < -0.3 is 14.1 Å². The molecular formula is C10H10N2O4. The van der Waals surface area contributed by atoms with Crippen molar-refractivity contribution in [3.63, 3.8) is 0 Å². The molecule has 0 atom stereocenters. The molecule has 0 saturated carbocycles. The normalized spacial score (nSPS) is 10.6. The maximum Gasteiger partial charge on any atom is 0.338 e.